The molecule has 0 radical (unpaired) electrons. The normalized spacial score (nSPS) is 17.2. The number of anilines is 1. The van der Waals surface area contributed by atoms with Gasteiger partial charge in [-0.1, -0.05) is 27.7 Å². The number of halogens is 1. The highest BCUT2D eigenvalue weighted by molar-refractivity contribution is 9.10. The van der Waals surface area contributed by atoms with E-state index < -0.39 is 5.25 Å². The summed E-state index contributed by atoms with van der Waals surface area (Å²) in [5, 5.41) is 13.2. The molecular weight excluding hydrogens is 472 g/mol. The molecule has 3 rings (SSSR count). The Morgan fingerprint density at radius 3 is 2.63 bits per heavy atom. The second-order valence-electron chi connectivity index (χ2n) is 6.12. The molecule has 1 aliphatic heterocycles. The molecule has 1 atom stereocenters. The van der Waals surface area contributed by atoms with Gasteiger partial charge in [0.2, 0.25) is 11.8 Å². The Balaban J connectivity index is 1.57. The van der Waals surface area contributed by atoms with Crippen molar-refractivity contribution >= 4 is 56.6 Å². The number of amidine groups is 1. The number of hydrogen-bond donors (Lipinski definition) is 2. The minimum absolute atomic E-state index is 0.0327. The molecule has 30 heavy (non-hydrogen) atoms. The Morgan fingerprint density at radius 2 is 1.93 bits per heavy atom. The van der Waals surface area contributed by atoms with Crippen LogP contribution in [0.5, 0.6) is 11.5 Å². The highest BCUT2D eigenvalue weighted by Crippen LogP contribution is 2.27. The van der Waals surface area contributed by atoms with E-state index in [-0.39, 0.29) is 18.2 Å². The van der Waals surface area contributed by atoms with Crippen molar-refractivity contribution in [2.45, 2.75) is 11.7 Å². The van der Waals surface area contributed by atoms with Gasteiger partial charge in [-0.15, -0.1) is 5.10 Å². The van der Waals surface area contributed by atoms with E-state index in [4.69, 9.17) is 9.47 Å². The molecule has 1 heterocycles. The van der Waals surface area contributed by atoms with Crippen molar-refractivity contribution in [2.24, 2.45) is 10.2 Å². The van der Waals surface area contributed by atoms with Crippen LogP contribution in [0.1, 0.15) is 12.0 Å². The topological polar surface area (TPSA) is 101 Å². The highest BCUT2D eigenvalue weighted by atomic mass is 79.9. The molecule has 2 N–H and O–H groups in total. The van der Waals surface area contributed by atoms with E-state index in [0.717, 1.165) is 10.0 Å². The minimum atomic E-state index is -0.560. The second-order valence-corrected chi connectivity index (χ2v) is 8.23. The molecular formula is C20H19BrN4O4S. The van der Waals surface area contributed by atoms with E-state index in [1.165, 1.54) is 18.0 Å². The van der Waals surface area contributed by atoms with Crippen LogP contribution in [0.15, 0.2) is 57.1 Å². The van der Waals surface area contributed by atoms with Gasteiger partial charge in [0.25, 0.3) is 0 Å². The predicted octanol–water partition coefficient (Wildman–Crippen LogP) is 3.42. The van der Waals surface area contributed by atoms with Crippen molar-refractivity contribution in [1.29, 1.82) is 0 Å². The Hall–Kier alpha value is -2.85. The van der Waals surface area contributed by atoms with Crippen molar-refractivity contribution in [3.8, 4) is 11.5 Å². The van der Waals surface area contributed by atoms with Crippen LogP contribution >= 0.6 is 27.7 Å². The standard InChI is InChI=1S/C20H19BrN4O4S/c1-28-15-8-3-12(9-16(15)29-2)11-22-25-20-24-19(27)17(30-20)10-18(26)23-14-6-4-13(21)5-7-14/h3-9,11,17H,10H2,1-2H3,(H,23,26)(H,24,25,27). The molecule has 1 aliphatic rings. The summed E-state index contributed by atoms with van der Waals surface area (Å²) in [7, 11) is 3.11. The third-order valence-corrected chi connectivity index (χ3v) is 5.64. The first-order valence-corrected chi connectivity index (χ1v) is 10.5. The van der Waals surface area contributed by atoms with Crippen molar-refractivity contribution in [2.75, 3.05) is 19.5 Å². The summed E-state index contributed by atoms with van der Waals surface area (Å²) in [6.07, 6.45) is 1.57. The van der Waals surface area contributed by atoms with E-state index in [2.05, 4.69) is 36.8 Å². The third kappa shape index (κ3) is 5.83. The highest BCUT2D eigenvalue weighted by Gasteiger charge is 2.32. The van der Waals surface area contributed by atoms with E-state index in [1.807, 2.05) is 12.1 Å². The molecule has 0 bridgehead atoms. The van der Waals surface area contributed by atoms with Gasteiger partial charge in [-0.3, -0.25) is 9.59 Å². The second kappa shape index (κ2) is 10.3. The lowest BCUT2D eigenvalue weighted by Gasteiger charge is -2.07. The molecule has 2 amide bonds. The lowest BCUT2D eigenvalue weighted by atomic mass is 10.2. The lowest BCUT2D eigenvalue weighted by molar-refractivity contribution is -0.122. The van der Waals surface area contributed by atoms with Gasteiger partial charge in [0.15, 0.2) is 16.7 Å². The summed E-state index contributed by atoms with van der Waals surface area (Å²) in [6, 6.07) is 12.5. The Kier molecular flexibility index (Phi) is 7.47. The monoisotopic (exact) mass is 490 g/mol. The fourth-order valence-corrected chi connectivity index (χ4v) is 3.77. The van der Waals surface area contributed by atoms with Gasteiger partial charge < -0.3 is 20.1 Å². The predicted molar refractivity (Wildman–Crippen MR) is 121 cm³/mol. The summed E-state index contributed by atoms with van der Waals surface area (Å²) in [5.74, 6) is 0.671. The molecule has 0 spiro atoms. The van der Waals surface area contributed by atoms with Gasteiger partial charge in [0, 0.05) is 16.6 Å². The average Bonchev–Trinajstić information content (AvgIpc) is 3.08. The third-order valence-electron chi connectivity index (χ3n) is 4.04. The average molecular weight is 491 g/mol. The maximum atomic E-state index is 12.2. The number of methoxy groups -OCH3 is 2. The molecule has 2 aromatic carbocycles. The summed E-state index contributed by atoms with van der Waals surface area (Å²) in [5.41, 5.74) is 1.43. The van der Waals surface area contributed by atoms with E-state index in [1.54, 1.807) is 44.6 Å². The van der Waals surface area contributed by atoms with Gasteiger partial charge in [-0.25, -0.2) is 0 Å². The number of carbonyl (C=O) groups is 2. The Labute approximate surface area is 186 Å². The number of nitrogens with one attached hydrogen (secondary N) is 2. The molecule has 10 heteroatoms. The van der Waals surface area contributed by atoms with Crippen LogP contribution in [0.25, 0.3) is 0 Å². The zero-order chi connectivity index (χ0) is 21.5. The number of hydrogen-bond acceptors (Lipinski definition) is 7. The smallest absolute Gasteiger partial charge is 0.240 e. The summed E-state index contributed by atoms with van der Waals surface area (Å²) >= 11 is 4.51. The number of thioether (sulfide) groups is 1. The van der Waals surface area contributed by atoms with Gasteiger partial charge in [0.05, 0.1) is 20.4 Å². The Morgan fingerprint density at radius 1 is 1.20 bits per heavy atom. The zero-order valence-corrected chi connectivity index (χ0v) is 18.6. The SMILES string of the molecule is COc1ccc(C=N/N=C2\NC(=O)C(CC(=O)Nc3ccc(Br)cc3)S2)cc1OC. The number of ether oxygens (including phenoxy) is 2. The van der Waals surface area contributed by atoms with Gasteiger partial charge in [0.1, 0.15) is 5.25 Å². The fourth-order valence-electron chi connectivity index (χ4n) is 2.58. The minimum Gasteiger partial charge on any atom is -0.493 e. The molecule has 0 aromatic heterocycles. The molecule has 1 saturated heterocycles. The van der Waals surface area contributed by atoms with Crippen LogP contribution in [0.4, 0.5) is 5.69 Å². The van der Waals surface area contributed by atoms with Crippen LogP contribution in [0, 0.1) is 0 Å². The van der Waals surface area contributed by atoms with Crippen LogP contribution in [0.2, 0.25) is 0 Å². The van der Waals surface area contributed by atoms with Crippen molar-refractivity contribution in [3.05, 3.63) is 52.5 Å². The van der Waals surface area contributed by atoms with Crippen LogP contribution in [-0.4, -0.2) is 42.7 Å². The lowest BCUT2D eigenvalue weighted by Crippen LogP contribution is -2.28. The first kappa shape index (κ1) is 21.8. The number of benzene rings is 2. The molecule has 1 fully saturated rings. The van der Waals surface area contributed by atoms with E-state index in [0.29, 0.717) is 22.4 Å². The maximum absolute atomic E-state index is 12.2. The number of carbonyl (C=O) groups excluding carboxylic acids is 2. The molecule has 156 valence electrons. The van der Waals surface area contributed by atoms with Crippen molar-refractivity contribution < 1.29 is 19.1 Å². The summed E-state index contributed by atoms with van der Waals surface area (Å²) in [6.45, 7) is 0. The quantitative estimate of drug-likeness (QED) is 0.457. The van der Waals surface area contributed by atoms with Gasteiger partial charge in [-0.2, -0.15) is 5.10 Å². The van der Waals surface area contributed by atoms with E-state index >= 15 is 0 Å². The van der Waals surface area contributed by atoms with Gasteiger partial charge >= 0.3 is 0 Å². The first-order chi connectivity index (χ1) is 14.5. The van der Waals surface area contributed by atoms with Crippen LogP contribution in [-0.2, 0) is 9.59 Å². The maximum Gasteiger partial charge on any atom is 0.240 e. The fraction of sp³-hybridized carbons (Fsp3) is 0.200. The molecule has 0 saturated carbocycles. The van der Waals surface area contributed by atoms with Crippen LogP contribution in [0.3, 0.4) is 0 Å². The number of nitrogens with zero attached hydrogens (tertiary/aromatic N) is 2. The molecule has 8 nitrogen and oxygen atoms in total. The van der Waals surface area contributed by atoms with Crippen LogP contribution < -0.4 is 20.1 Å². The number of rotatable bonds is 7. The van der Waals surface area contributed by atoms with E-state index in [9.17, 15) is 9.59 Å². The summed E-state index contributed by atoms with van der Waals surface area (Å²) in [4.78, 5) is 24.3. The molecule has 1 unspecified atom stereocenters. The van der Waals surface area contributed by atoms with Crippen molar-refractivity contribution in [1.82, 2.24) is 5.32 Å². The molecule has 0 aliphatic carbocycles. The largest absolute Gasteiger partial charge is 0.493 e. The van der Waals surface area contributed by atoms with Gasteiger partial charge in [-0.05, 0) is 48.0 Å². The Bertz CT molecular complexity index is 995. The summed E-state index contributed by atoms with van der Waals surface area (Å²) < 4.78 is 11.4. The number of amides is 2. The van der Waals surface area contributed by atoms with Crippen molar-refractivity contribution in [3.63, 3.8) is 0 Å². The zero-order valence-electron chi connectivity index (χ0n) is 16.2. The molecule has 2 aromatic rings. The first-order valence-electron chi connectivity index (χ1n) is 8.84.